The SMILES string of the molecule is CCC(CC)C1CC(NC(=O)NC(CCC(=O)O)Cc2ccccc2)CCO1. The molecule has 3 N–H and O–H groups in total. The lowest BCUT2D eigenvalue weighted by atomic mass is 9.89. The zero-order valence-electron chi connectivity index (χ0n) is 17.0. The van der Waals surface area contributed by atoms with Gasteiger partial charge in [0.05, 0.1) is 6.10 Å². The van der Waals surface area contributed by atoms with Crippen molar-refractivity contribution in [1.82, 2.24) is 10.6 Å². The molecule has 0 radical (unpaired) electrons. The number of aliphatic carboxylic acids is 1. The molecule has 0 spiro atoms. The smallest absolute Gasteiger partial charge is 0.315 e. The molecular weight excluding hydrogens is 356 g/mol. The Kier molecular flexibility index (Phi) is 9.28. The fraction of sp³-hybridized carbons (Fsp3) is 0.636. The van der Waals surface area contributed by atoms with Gasteiger partial charge in [0.25, 0.3) is 0 Å². The van der Waals surface area contributed by atoms with Gasteiger partial charge < -0.3 is 20.5 Å². The number of benzene rings is 1. The Balaban J connectivity index is 1.89. The highest BCUT2D eigenvalue weighted by atomic mass is 16.5. The van der Waals surface area contributed by atoms with Crippen molar-refractivity contribution in [2.45, 2.75) is 77.0 Å². The minimum Gasteiger partial charge on any atom is -0.481 e. The molecule has 0 aliphatic carbocycles. The van der Waals surface area contributed by atoms with Gasteiger partial charge in [-0.25, -0.2) is 4.79 Å². The van der Waals surface area contributed by atoms with Gasteiger partial charge in [0.15, 0.2) is 0 Å². The van der Waals surface area contributed by atoms with E-state index in [4.69, 9.17) is 9.84 Å². The van der Waals surface area contributed by atoms with Crippen LogP contribution in [0.2, 0.25) is 0 Å². The predicted octanol–water partition coefficient (Wildman–Crippen LogP) is 3.75. The van der Waals surface area contributed by atoms with Gasteiger partial charge in [0, 0.05) is 25.1 Å². The summed E-state index contributed by atoms with van der Waals surface area (Å²) in [6, 6.07) is 9.48. The number of urea groups is 1. The van der Waals surface area contributed by atoms with E-state index >= 15 is 0 Å². The summed E-state index contributed by atoms with van der Waals surface area (Å²) in [5, 5.41) is 15.1. The van der Waals surface area contributed by atoms with Crippen molar-refractivity contribution >= 4 is 12.0 Å². The van der Waals surface area contributed by atoms with E-state index in [9.17, 15) is 9.59 Å². The first-order chi connectivity index (χ1) is 13.5. The van der Waals surface area contributed by atoms with E-state index in [1.807, 2.05) is 30.3 Å². The number of amides is 2. The van der Waals surface area contributed by atoms with Crippen LogP contribution in [0.3, 0.4) is 0 Å². The monoisotopic (exact) mass is 390 g/mol. The van der Waals surface area contributed by atoms with Crippen molar-refractivity contribution in [3.63, 3.8) is 0 Å². The summed E-state index contributed by atoms with van der Waals surface area (Å²) in [7, 11) is 0. The van der Waals surface area contributed by atoms with Crippen LogP contribution in [0.1, 0.15) is 57.9 Å². The second-order valence-corrected chi connectivity index (χ2v) is 7.64. The maximum absolute atomic E-state index is 12.6. The lowest BCUT2D eigenvalue weighted by Crippen LogP contribution is -2.50. The Labute approximate surface area is 168 Å². The molecule has 1 aliphatic rings. The number of carbonyl (C=O) groups excluding carboxylic acids is 1. The van der Waals surface area contributed by atoms with Crippen molar-refractivity contribution in [2.75, 3.05) is 6.61 Å². The molecule has 28 heavy (non-hydrogen) atoms. The van der Waals surface area contributed by atoms with Gasteiger partial charge in [-0.1, -0.05) is 57.0 Å². The first kappa shape index (κ1) is 22.2. The second-order valence-electron chi connectivity index (χ2n) is 7.64. The van der Waals surface area contributed by atoms with Crippen LogP contribution in [-0.4, -0.2) is 41.9 Å². The maximum Gasteiger partial charge on any atom is 0.315 e. The van der Waals surface area contributed by atoms with Gasteiger partial charge in [-0.05, 0) is 37.2 Å². The van der Waals surface area contributed by atoms with Crippen LogP contribution >= 0.6 is 0 Å². The summed E-state index contributed by atoms with van der Waals surface area (Å²) < 4.78 is 5.92. The standard InChI is InChI=1S/C22H34N2O4/c1-3-17(4-2)20-15-19(12-13-28-20)24-22(27)23-18(10-11-21(25)26)14-16-8-6-5-7-9-16/h5-9,17-20H,3-4,10-15H2,1-2H3,(H,25,26)(H2,23,24,27). The second kappa shape index (κ2) is 11.7. The van der Waals surface area contributed by atoms with Crippen molar-refractivity contribution in [3.05, 3.63) is 35.9 Å². The zero-order valence-corrected chi connectivity index (χ0v) is 17.0. The molecular formula is C22H34N2O4. The summed E-state index contributed by atoms with van der Waals surface area (Å²) in [5.74, 6) is -0.327. The van der Waals surface area contributed by atoms with Gasteiger partial charge in [-0.2, -0.15) is 0 Å². The number of hydrogen-bond acceptors (Lipinski definition) is 3. The molecule has 1 aromatic rings. The average molecular weight is 391 g/mol. The highest BCUT2D eigenvalue weighted by molar-refractivity contribution is 5.74. The minimum absolute atomic E-state index is 0.0335. The van der Waals surface area contributed by atoms with Crippen molar-refractivity contribution < 1.29 is 19.4 Å². The molecule has 1 heterocycles. The van der Waals surface area contributed by atoms with Crippen LogP contribution in [0.25, 0.3) is 0 Å². The lowest BCUT2D eigenvalue weighted by molar-refractivity contribution is -0.137. The topological polar surface area (TPSA) is 87.7 Å². The molecule has 0 bridgehead atoms. The van der Waals surface area contributed by atoms with Gasteiger partial charge in [-0.3, -0.25) is 4.79 Å². The highest BCUT2D eigenvalue weighted by Crippen LogP contribution is 2.25. The molecule has 1 saturated heterocycles. The first-order valence-electron chi connectivity index (χ1n) is 10.5. The zero-order chi connectivity index (χ0) is 20.4. The Bertz CT molecular complexity index is 604. The molecule has 1 aromatic carbocycles. The number of carboxylic acid groups (broad SMARTS) is 1. The fourth-order valence-corrected chi connectivity index (χ4v) is 3.94. The number of carboxylic acids is 1. The molecule has 1 aliphatic heterocycles. The molecule has 156 valence electrons. The molecule has 0 saturated carbocycles. The molecule has 3 unspecified atom stereocenters. The van der Waals surface area contributed by atoms with Gasteiger partial charge in [0.2, 0.25) is 0 Å². The fourth-order valence-electron chi connectivity index (χ4n) is 3.94. The molecule has 6 nitrogen and oxygen atoms in total. The quantitative estimate of drug-likeness (QED) is 0.568. The molecule has 6 heteroatoms. The van der Waals surface area contributed by atoms with E-state index in [-0.39, 0.29) is 30.6 Å². The largest absolute Gasteiger partial charge is 0.481 e. The third kappa shape index (κ3) is 7.50. The first-order valence-corrected chi connectivity index (χ1v) is 10.5. The summed E-state index contributed by atoms with van der Waals surface area (Å²) in [4.78, 5) is 23.5. The van der Waals surface area contributed by atoms with Crippen LogP contribution in [0, 0.1) is 5.92 Å². The number of ether oxygens (including phenoxy) is 1. The molecule has 3 atom stereocenters. The number of hydrogen-bond donors (Lipinski definition) is 3. The van der Waals surface area contributed by atoms with Crippen molar-refractivity contribution in [1.29, 1.82) is 0 Å². The highest BCUT2D eigenvalue weighted by Gasteiger charge is 2.28. The van der Waals surface area contributed by atoms with Gasteiger partial charge in [0.1, 0.15) is 0 Å². The molecule has 2 rings (SSSR count). The average Bonchev–Trinajstić information content (AvgIpc) is 2.68. The molecule has 2 amide bonds. The van der Waals surface area contributed by atoms with Crippen LogP contribution in [0.5, 0.6) is 0 Å². The van der Waals surface area contributed by atoms with Crippen LogP contribution < -0.4 is 10.6 Å². The number of rotatable bonds is 10. The van der Waals surface area contributed by atoms with E-state index in [1.54, 1.807) is 0 Å². The summed E-state index contributed by atoms with van der Waals surface area (Å²) in [5.41, 5.74) is 1.08. The number of carbonyl (C=O) groups is 2. The lowest BCUT2D eigenvalue weighted by Gasteiger charge is -2.34. The van der Waals surface area contributed by atoms with Crippen molar-refractivity contribution in [2.24, 2.45) is 5.92 Å². The summed E-state index contributed by atoms with van der Waals surface area (Å²) in [6.45, 7) is 5.02. The Morgan fingerprint density at radius 3 is 2.57 bits per heavy atom. The van der Waals surface area contributed by atoms with E-state index in [1.165, 1.54) is 0 Å². The molecule has 1 fully saturated rings. The van der Waals surface area contributed by atoms with Crippen molar-refractivity contribution in [3.8, 4) is 0 Å². The Morgan fingerprint density at radius 2 is 1.93 bits per heavy atom. The van der Waals surface area contributed by atoms with E-state index in [2.05, 4.69) is 24.5 Å². The third-order valence-corrected chi connectivity index (χ3v) is 5.59. The van der Waals surface area contributed by atoms with E-state index < -0.39 is 5.97 Å². The molecule has 0 aromatic heterocycles. The summed E-state index contributed by atoms with van der Waals surface area (Å²) >= 11 is 0. The summed E-state index contributed by atoms with van der Waals surface area (Å²) in [6.07, 6.45) is 5.05. The van der Waals surface area contributed by atoms with E-state index in [0.717, 1.165) is 31.2 Å². The Morgan fingerprint density at radius 1 is 1.21 bits per heavy atom. The third-order valence-electron chi connectivity index (χ3n) is 5.59. The van der Waals surface area contributed by atoms with Gasteiger partial charge in [-0.15, -0.1) is 0 Å². The Hall–Kier alpha value is -2.08. The predicted molar refractivity (Wildman–Crippen MR) is 109 cm³/mol. The number of nitrogens with one attached hydrogen (secondary N) is 2. The minimum atomic E-state index is -0.849. The van der Waals surface area contributed by atoms with Crippen LogP contribution in [0.15, 0.2) is 30.3 Å². The van der Waals surface area contributed by atoms with Crippen LogP contribution in [0.4, 0.5) is 4.79 Å². The maximum atomic E-state index is 12.6. The van der Waals surface area contributed by atoms with E-state index in [0.29, 0.717) is 25.4 Å². The normalized spacial score (nSPS) is 20.5. The van der Waals surface area contributed by atoms with Gasteiger partial charge >= 0.3 is 12.0 Å². The van der Waals surface area contributed by atoms with Crippen LogP contribution in [-0.2, 0) is 16.0 Å².